The summed E-state index contributed by atoms with van der Waals surface area (Å²) in [4.78, 5) is 15.1. The molecule has 0 spiro atoms. The Hall–Kier alpha value is -2.22. The van der Waals surface area contributed by atoms with Crippen LogP contribution in [0, 0.1) is 0 Å². The van der Waals surface area contributed by atoms with Crippen LogP contribution in [0.1, 0.15) is 24.8 Å². The zero-order valence-corrected chi connectivity index (χ0v) is 15.0. The molecule has 1 aromatic carbocycles. The normalized spacial score (nSPS) is 14.8. The lowest BCUT2D eigenvalue weighted by molar-refractivity contribution is 0.378. The molecule has 1 aromatic heterocycles. The van der Waals surface area contributed by atoms with Gasteiger partial charge in [-0.2, -0.15) is 20.1 Å². The molecule has 1 saturated heterocycles. The lowest BCUT2D eigenvalue weighted by atomic mass is 10.1. The van der Waals surface area contributed by atoms with Crippen molar-refractivity contribution in [2.45, 2.75) is 19.3 Å². The first-order chi connectivity index (χ1) is 11.7. The monoisotopic (exact) mass is 390 g/mol. The first kappa shape index (κ1) is 16.6. The maximum atomic E-state index is 5.18. The van der Waals surface area contributed by atoms with E-state index in [1.54, 1.807) is 13.3 Å². The van der Waals surface area contributed by atoms with Crippen LogP contribution in [0.3, 0.4) is 0 Å². The van der Waals surface area contributed by atoms with Gasteiger partial charge in [0.25, 0.3) is 5.95 Å². The lowest BCUT2D eigenvalue weighted by Crippen LogP contribution is -2.31. The molecule has 24 heavy (non-hydrogen) atoms. The minimum absolute atomic E-state index is 0.283. The maximum Gasteiger partial charge on any atom is 0.322 e. The van der Waals surface area contributed by atoms with Crippen LogP contribution in [0.4, 0.5) is 11.9 Å². The lowest BCUT2D eigenvalue weighted by Gasteiger charge is -2.26. The van der Waals surface area contributed by atoms with Gasteiger partial charge in [-0.3, -0.25) is 0 Å². The summed E-state index contributed by atoms with van der Waals surface area (Å²) in [5.74, 6) is 0.996. The number of methoxy groups -OCH3 is 1. The second kappa shape index (κ2) is 8.05. The number of hydrogen-bond donors (Lipinski definition) is 1. The predicted octanol–water partition coefficient (Wildman–Crippen LogP) is 3.08. The van der Waals surface area contributed by atoms with Gasteiger partial charge in [0.15, 0.2) is 0 Å². The smallest absolute Gasteiger partial charge is 0.322 e. The van der Waals surface area contributed by atoms with Crippen LogP contribution < -0.4 is 15.1 Å². The third-order valence-corrected chi connectivity index (χ3v) is 4.14. The van der Waals surface area contributed by atoms with Crippen molar-refractivity contribution in [1.82, 2.24) is 15.0 Å². The third-order valence-electron chi connectivity index (χ3n) is 3.65. The van der Waals surface area contributed by atoms with Crippen LogP contribution in [0.2, 0.25) is 0 Å². The molecule has 2 heterocycles. The van der Waals surface area contributed by atoms with E-state index in [2.05, 4.69) is 46.3 Å². The van der Waals surface area contributed by atoms with Crippen molar-refractivity contribution < 1.29 is 4.74 Å². The van der Waals surface area contributed by atoms with E-state index in [9.17, 15) is 0 Å². The van der Waals surface area contributed by atoms with Crippen molar-refractivity contribution in [3.8, 4) is 6.01 Å². The second-order valence-electron chi connectivity index (χ2n) is 5.42. The highest BCUT2D eigenvalue weighted by Gasteiger charge is 2.16. The predicted molar refractivity (Wildman–Crippen MR) is 97.8 cm³/mol. The largest absolute Gasteiger partial charge is 0.467 e. The summed E-state index contributed by atoms with van der Waals surface area (Å²) in [6, 6.07) is 8.13. The van der Waals surface area contributed by atoms with Gasteiger partial charge in [0.2, 0.25) is 5.95 Å². The van der Waals surface area contributed by atoms with Crippen LogP contribution in [0.15, 0.2) is 33.8 Å². The summed E-state index contributed by atoms with van der Waals surface area (Å²) in [5.41, 5.74) is 3.82. The Kier molecular flexibility index (Phi) is 5.58. The number of piperidine rings is 1. The van der Waals surface area contributed by atoms with Gasteiger partial charge in [0.05, 0.1) is 13.3 Å². The molecule has 0 aliphatic carbocycles. The Balaban J connectivity index is 1.74. The first-order valence-electron chi connectivity index (χ1n) is 7.84. The number of ether oxygens (including phenoxy) is 1. The van der Waals surface area contributed by atoms with E-state index >= 15 is 0 Å². The molecule has 0 saturated carbocycles. The summed E-state index contributed by atoms with van der Waals surface area (Å²) in [7, 11) is 1.55. The maximum absolute atomic E-state index is 5.18. The number of rotatable bonds is 5. The molecule has 1 aliphatic heterocycles. The van der Waals surface area contributed by atoms with Gasteiger partial charge in [0, 0.05) is 17.6 Å². The SMILES string of the molecule is COc1nc(N/N=C/c2cccc(Br)c2)nc(N2CCCCC2)n1. The second-order valence-corrected chi connectivity index (χ2v) is 6.33. The van der Waals surface area contributed by atoms with Crippen molar-refractivity contribution in [2.75, 3.05) is 30.5 Å². The number of hydrogen-bond acceptors (Lipinski definition) is 7. The summed E-state index contributed by atoms with van der Waals surface area (Å²) in [6.45, 7) is 1.90. The topological polar surface area (TPSA) is 75.5 Å². The minimum Gasteiger partial charge on any atom is -0.467 e. The van der Waals surface area contributed by atoms with Crippen molar-refractivity contribution >= 4 is 34.0 Å². The molecule has 0 unspecified atom stereocenters. The van der Waals surface area contributed by atoms with E-state index in [0.717, 1.165) is 36.0 Å². The van der Waals surface area contributed by atoms with Gasteiger partial charge in [-0.05, 0) is 37.0 Å². The zero-order valence-electron chi connectivity index (χ0n) is 13.4. The van der Waals surface area contributed by atoms with Crippen molar-refractivity contribution in [3.05, 3.63) is 34.3 Å². The number of aromatic nitrogens is 3. The fraction of sp³-hybridized carbons (Fsp3) is 0.375. The van der Waals surface area contributed by atoms with Crippen molar-refractivity contribution in [1.29, 1.82) is 0 Å². The first-order valence-corrected chi connectivity index (χ1v) is 8.63. The van der Waals surface area contributed by atoms with E-state index in [1.165, 1.54) is 6.42 Å². The van der Waals surface area contributed by atoms with Gasteiger partial charge < -0.3 is 9.64 Å². The molecule has 1 N–H and O–H groups in total. The minimum atomic E-state index is 0.283. The quantitative estimate of drug-likeness (QED) is 0.624. The molecule has 8 heteroatoms. The van der Waals surface area contributed by atoms with Crippen LogP contribution in [-0.2, 0) is 0 Å². The Labute approximate surface area is 149 Å². The molecule has 0 amide bonds. The number of halogens is 1. The fourth-order valence-electron chi connectivity index (χ4n) is 2.47. The number of nitrogens with zero attached hydrogens (tertiary/aromatic N) is 5. The van der Waals surface area contributed by atoms with Crippen LogP contribution in [0.25, 0.3) is 0 Å². The molecular formula is C16H19BrN6O. The highest BCUT2D eigenvalue weighted by atomic mass is 79.9. The Morgan fingerprint density at radius 1 is 1.21 bits per heavy atom. The number of benzene rings is 1. The molecule has 2 aromatic rings. The van der Waals surface area contributed by atoms with E-state index in [1.807, 2.05) is 24.3 Å². The van der Waals surface area contributed by atoms with Crippen LogP contribution >= 0.6 is 15.9 Å². The van der Waals surface area contributed by atoms with Gasteiger partial charge in [-0.15, -0.1) is 0 Å². The molecule has 0 bridgehead atoms. The summed E-state index contributed by atoms with van der Waals surface area (Å²) < 4.78 is 6.18. The van der Waals surface area contributed by atoms with E-state index < -0.39 is 0 Å². The number of nitrogens with one attached hydrogen (secondary N) is 1. The average Bonchev–Trinajstić information content (AvgIpc) is 2.62. The molecule has 0 atom stereocenters. The molecular weight excluding hydrogens is 372 g/mol. The van der Waals surface area contributed by atoms with Crippen LogP contribution in [0.5, 0.6) is 6.01 Å². The Morgan fingerprint density at radius 3 is 2.79 bits per heavy atom. The van der Waals surface area contributed by atoms with Gasteiger partial charge in [-0.25, -0.2) is 5.43 Å². The average molecular weight is 391 g/mol. The number of anilines is 2. The standard InChI is InChI=1S/C16H19BrN6O/c1-24-16-20-14(19-15(21-16)23-8-3-2-4-9-23)22-18-11-12-6-5-7-13(17)10-12/h5-7,10-11H,2-4,8-9H2,1H3,(H,19,20,21,22)/b18-11+. The van der Waals surface area contributed by atoms with Gasteiger partial charge in [0.1, 0.15) is 0 Å². The molecule has 1 aliphatic rings. The molecule has 126 valence electrons. The summed E-state index contributed by atoms with van der Waals surface area (Å²) >= 11 is 3.43. The Morgan fingerprint density at radius 2 is 2.04 bits per heavy atom. The summed E-state index contributed by atoms with van der Waals surface area (Å²) in [6.07, 6.45) is 5.26. The highest BCUT2D eigenvalue weighted by molar-refractivity contribution is 9.10. The highest BCUT2D eigenvalue weighted by Crippen LogP contribution is 2.19. The van der Waals surface area contributed by atoms with Crippen molar-refractivity contribution in [2.24, 2.45) is 5.10 Å². The van der Waals surface area contributed by atoms with E-state index in [4.69, 9.17) is 4.74 Å². The van der Waals surface area contributed by atoms with E-state index in [-0.39, 0.29) is 6.01 Å². The molecule has 1 fully saturated rings. The third kappa shape index (κ3) is 4.41. The fourth-order valence-corrected chi connectivity index (χ4v) is 2.89. The number of hydrazone groups is 1. The summed E-state index contributed by atoms with van der Waals surface area (Å²) in [5, 5.41) is 4.19. The molecule has 0 radical (unpaired) electrons. The molecule has 7 nitrogen and oxygen atoms in total. The van der Waals surface area contributed by atoms with Crippen molar-refractivity contribution in [3.63, 3.8) is 0 Å². The molecule has 3 rings (SSSR count). The van der Waals surface area contributed by atoms with Gasteiger partial charge in [-0.1, -0.05) is 28.1 Å². The van der Waals surface area contributed by atoms with E-state index in [0.29, 0.717) is 11.9 Å². The Bertz CT molecular complexity index is 717. The van der Waals surface area contributed by atoms with Crippen LogP contribution in [-0.4, -0.2) is 41.4 Å². The van der Waals surface area contributed by atoms with Gasteiger partial charge >= 0.3 is 6.01 Å². The zero-order chi connectivity index (χ0) is 16.8.